The number of aryl methyl sites for hydroxylation is 1. The second-order valence-corrected chi connectivity index (χ2v) is 10.5. The number of rotatable bonds is 8. The third-order valence-corrected chi connectivity index (χ3v) is 7.63. The van der Waals surface area contributed by atoms with Gasteiger partial charge >= 0.3 is 10.1 Å². The van der Waals surface area contributed by atoms with Crippen molar-refractivity contribution in [3.05, 3.63) is 89.1 Å². The van der Waals surface area contributed by atoms with Gasteiger partial charge in [-0.25, -0.2) is 4.98 Å². The third-order valence-electron chi connectivity index (χ3n) is 5.65. The van der Waals surface area contributed by atoms with Crippen LogP contribution in [0, 0.1) is 30.6 Å². The van der Waals surface area contributed by atoms with E-state index in [0.717, 1.165) is 21.9 Å². The van der Waals surface area contributed by atoms with Gasteiger partial charge in [0.25, 0.3) is 0 Å². The zero-order valence-corrected chi connectivity index (χ0v) is 21.4. The highest BCUT2D eigenvalue weighted by atomic mass is 32.2. The maximum atomic E-state index is 13.1. The first-order valence-electron chi connectivity index (χ1n) is 11.2. The fraction of sp³-hybridized carbons (Fsp3) is 0.179. The lowest BCUT2D eigenvalue weighted by molar-refractivity contribution is 0.466. The van der Waals surface area contributed by atoms with Crippen molar-refractivity contribution in [3.8, 4) is 24.3 Å². The van der Waals surface area contributed by atoms with Crippen LogP contribution in [-0.2, 0) is 16.5 Å². The minimum atomic E-state index is -4.17. The van der Waals surface area contributed by atoms with Crippen molar-refractivity contribution < 1.29 is 12.6 Å². The zero-order valence-electron chi connectivity index (χ0n) is 19.8. The van der Waals surface area contributed by atoms with Gasteiger partial charge < -0.3 is 4.18 Å². The lowest BCUT2D eigenvalue weighted by Crippen LogP contribution is -2.16. The lowest BCUT2D eigenvalue weighted by atomic mass is 9.89. The Labute approximate surface area is 215 Å². The molecule has 0 aliphatic heterocycles. The number of nitriles is 1. The van der Waals surface area contributed by atoms with Crippen LogP contribution in [-0.4, -0.2) is 24.1 Å². The summed E-state index contributed by atoms with van der Waals surface area (Å²) < 4.78 is 31.8. The Balaban J connectivity index is 1.89. The SMILES string of the molecule is C#CCSc1nc(OS(=O)(=O)c2ccc(C)cc2)c(CC)c(C(C#N)c2cccc3ccccc23)n1. The highest BCUT2D eigenvalue weighted by molar-refractivity contribution is 7.99. The number of thioether (sulfide) groups is 1. The molecule has 1 unspecified atom stereocenters. The number of nitrogens with zero attached hydrogens (tertiary/aromatic N) is 3. The number of benzene rings is 3. The first-order valence-corrected chi connectivity index (χ1v) is 13.6. The van der Waals surface area contributed by atoms with E-state index in [1.54, 1.807) is 12.1 Å². The second kappa shape index (κ2) is 10.8. The van der Waals surface area contributed by atoms with Crippen LogP contribution in [0.15, 0.2) is 76.8 Å². The molecule has 0 spiro atoms. The van der Waals surface area contributed by atoms with Crippen LogP contribution in [0.2, 0.25) is 0 Å². The summed E-state index contributed by atoms with van der Waals surface area (Å²) in [5, 5.41) is 12.4. The summed E-state index contributed by atoms with van der Waals surface area (Å²) in [6.07, 6.45) is 5.79. The summed E-state index contributed by atoms with van der Waals surface area (Å²) in [7, 11) is -4.17. The first-order chi connectivity index (χ1) is 17.4. The Morgan fingerprint density at radius 2 is 1.78 bits per heavy atom. The fourth-order valence-corrected chi connectivity index (χ4v) is 5.34. The molecule has 0 bridgehead atoms. The standard InChI is InChI=1S/C28H23N3O3S2/c1-4-17-35-28-30-26(25(18-29)24-12-8-10-20-9-6-7-11-23(20)24)22(5-2)27(31-28)34-36(32,33)21-15-13-19(3)14-16-21/h1,6-16,25H,5,17H2,2-3H3. The number of aromatic nitrogens is 2. The summed E-state index contributed by atoms with van der Waals surface area (Å²) in [5.41, 5.74) is 2.55. The van der Waals surface area contributed by atoms with Crippen molar-refractivity contribution >= 4 is 32.7 Å². The van der Waals surface area contributed by atoms with Crippen molar-refractivity contribution in [3.63, 3.8) is 0 Å². The van der Waals surface area contributed by atoms with E-state index in [9.17, 15) is 13.7 Å². The van der Waals surface area contributed by atoms with E-state index < -0.39 is 16.0 Å². The Hall–Kier alpha value is -3.85. The minimum Gasteiger partial charge on any atom is -0.358 e. The molecule has 0 saturated heterocycles. The minimum absolute atomic E-state index is 0.0130. The van der Waals surface area contributed by atoms with Gasteiger partial charge in [-0.3, -0.25) is 0 Å². The van der Waals surface area contributed by atoms with Crippen molar-refractivity contribution in [1.29, 1.82) is 5.26 Å². The molecule has 0 N–H and O–H groups in total. The van der Waals surface area contributed by atoms with Gasteiger partial charge in [-0.15, -0.1) is 6.42 Å². The normalized spacial score (nSPS) is 12.0. The number of hydrogen-bond donors (Lipinski definition) is 0. The molecular weight excluding hydrogens is 490 g/mol. The summed E-state index contributed by atoms with van der Waals surface area (Å²) in [6.45, 7) is 3.72. The topological polar surface area (TPSA) is 92.9 Å². The molecule has 8 heteroatoms. The van der Waals surface area contributed by atoms with Crippen molar-refractivity contribution in [2.75, 3.05) is 5.75 Å². The second-order valence-electron chi connectivity index (χ2n) is 8.00. The molecule has 1 heterocycles. The maximum Gasteiger partial charge on any atom is 0.340 e. The molecule has 0 radical (unpaired) electrons. The van der Waals surface area contributed by atoms with Gasteiger partial charge in [-0.2, -0.15) is 18.7 Å². The Bertz CT molecular complexity index is 1600. The lowest BCUT2D eigenvalue weighted by Gasteiger charge is -2.18. The van der Waals surface area contributed by atoms with Gasteiger partial charge in [-0.1, -0.05) is 84.8 Å². The molecule has 0 aliphatic carbocycles. The Kier molecular flexibility index (Phi) is 7.59. The van der Waals surface area contributed by atoms with E-state index >= 15 is 0 Å². The Morgan fingerprint density at radius 1 is 1.06 bits per heavy atom. The maximum absolute atomic E-state index is 13.1. The van der Waals surface area contributed by atoms with Crippen molar-refractivity contribution in [1.82, 2.24) is 9.97 Å². The highest BCUT2D eigenvalue weighted by Gasteiger charge is 2.28. The number of hydrogen-bond acceptors (Lipinski definition) is 7. The summed E-state index contributed by atoms with van der Waals surface area (Å²) in [5.74, 6) is 1.93. The third kappa shape index (κ3) is 5.21. The summed E-state index contributed by atoms with van der Waals surface area (Å²) in [6, 6.07) is 22.3. The van der Waals surface area contributed by atoms with Gasteiger partial charge in [0.1, 0.15) is 10.8 Å². The van der Waals surface area contributed by atoms with Crippen LogP contribution in [0.3, 0.4) is 0 Å². The van der Waals surface area contributed by atoms with Gasteiger partial charge in [0.05, 0.1) is 17.5 Å². The van der Waals surface area contributed by atoms with Crippen LogP contribution in [0.4, 0.5) is 0 Å². The molecule has 3 aromatic carbocycles. The van der Waals surface area contributed by atoms with Crippen LogP contribution in [0.25, 0.3) is 10.8 Å². The van der Waals surface area contributed by atoms with Crippen molar-refractivity contribution in [2.45, 2.75) is 36.2 Å². The Morgan fingerprint density at radius 3 is 2.47 bits per heavy atom. The smallest absolute Gasteiger partial charge is 0.340 e. The monoisotopic (exact) mass is 513 g/mol. The molecule has 180 valence electrons. The molecule has 4 aromatic rings. The van der Waals surface area contributed by atoms with Crippen LogP contribution >= 0.6 is 11.8 Å². The van der Waals surface area contributed by atoms with Crippen molar-refractivity contribution in [2.24, 2.45) is 0 Å². The highest BCUT2D eigenvalue weighted by Crippen LogP contribution is 2.36. The average Bonchev–Trinajstić information content (AvgIpc) is 2.88. The van der Waals surface area contributed by atoms with E-state index in [2.05, 4.69) is 22.0 Å². The predicted molar refractivity (Wildman–Crippen MR) is 141 cm³/mol. The van der Waals surface area contributed by atoms with E-state index in [1.165, 1.54) is 23.9 Å². The van der Waals surface area contributed by atoms with E-state index in [-0.39, 0.29) is 21.7 Å². The van der Waals surface area contributed by atoms with E-state index in [1.807, 2.05) is 56.3 Å². The van der Waals surface area contributed by atoms with E-state index in [0.29, 0.717) is 17.7 Å². The fourth-order valence-electron chi connectivity index (χ4n) is 3.91. The molecule has 0 fully saturated rings. The van der Waals surface area contributed by atoms with Crippen LogP contribution in [0.5, 0.6) is 5.88 Å². The number of fused-ring (bicyclic) bond motifs is 1. The first kappa shape index (κ1) is 25.2. The van der Waals surface area contributed by atoms with Gasteiger partial charge in [0.2, 0.25) is 5.88 Å². The van der Waals surface area contributed by atoms with Gasteiger partial charge in [-0.05, 0) is 41.8 Å². The van der Waals surface area contributed by atoms with Crippen LogP contribution < -0.4 is 4.18 Å². The molecule has 0 saturated carbocycles. The average molecular weight is 514 g/mol. The molecular formula is C28H23N3O3S2. The molecule has 4 rings (SSSR count). The van der Waals surface area contributed by atoms with Gasteiger partial charge in [0, 0.05) is 5.56 Å². The molecule has 1 atom stereocenters. The largest absolute Gasteiger partial charge is 0.358 e. The zero-order chi connectivity index (χ0) is 25.7. The quantitative estimate of drug-likeness (QED) is 0.130. The van der Waals surface area contributed by atoms with E-state index in [4.69, 9.17) is 10.6 Å². The molecule has 6 nitrogen and oxygen atoms in total. The predicted octanol–water partition coefficient (Wildman–Crippen LogP) is 5.65. The van der Waals surface area contributed by atoms with Crippen LogP contribution in [0.1, 0.15) is 35.2 Å². The molecule has 36 heavy (non-hydrogen) atoms. The number of terminal acetylenes is 1. The molecule has 0 aliphatic rings. The van der Waals surface area contributed by atoms with Gasteiger partial charge in [0.15, 0.2) is 5.16 Å². The molecule has 1 aromatic heterocycles. The molecule has 0 amide bonds. The summed E-state index contributed by atoms with van der Waals surface area (Å²) in [4.78, 5) is 9.07. The summed E-state index contributed by atoms with van der Waals surface area (Å²) >= 11 is 1.18.